The van der Waals surface area contributed by atoms with E-state index in [9.17, 15) is 9.18 Å². The summed E-state index contributed by atoms with van der Waals surface area (Å²) in [5.74, 6) is -0.607. The molecule has 0 aliphatic carbocycles. The predicted octanol–water partition coefficient (Wildman–Crippen LogP) is 3.66. The molecule has 1 N–H and O–H groups in total. The minimum Gasteiger partial charge on any atom is -0.348 e. The van der Waals surface area contributed by atoms with Crippen LogP contribution in [0, 0.1) is 12.7 Å². The van der Waals surface area contributed by atoms with Gasteiger partial charge in [0.15, 0.2) is 0 Å². The normalized spacial score (nSPS) is 14.8. The number of benzene rings is 2. The summed E-state index contributed by atoms with van der Waals surface area (Å²) in [6.45, 7) is 5.49. The Kier molecular flexibility index (Phi) is 5.26. The first-order valence-corrected chi connectivity index (χ1v) is 8.46. The zero-order valence-corrected chi connectivity index (χ0v) is 14.0. The lowest BCUT2D eigenvalue weighted by Crippen LogP contribution is -2.23. The molecule has 3 rings (SSSR count). The van der Waals surface area contributed by atoms with Crippen LogP contribution < -0.4 is 5.32 Å². The van der Waals surface area contributed by atoms with E-state index in [2.05, 4.69) is 22.3 Å². The van der Waals surface area contributed by atoms with E-state index in [4.69, 9.17) is 0 Å². The summed E-state index contributed by atoms with van der Waals surface area (Å²) in [5, 5.41) is 2.84. The summed E-state index contributed by atoms with van der Waals surface area (Å²) in [6.07, 6.45) is 2.59. The second kappa shape index (κ2) is 7.58. The quantitative estimate of drug-likeness (QED) is 0.909. The highest BCUT2D eigenvalue weighted by atomic mass is 19.1. The van der Waals surface area contributed by atoms with Crippen LogP contribution in [0.3, 0.4) is 0 Å². The second-order valence-electron chi connectivity index (χ2n) is 6.45. The molecule has 1 aliphatic heterocycles. The topological polar surface area (TPSA) is 32.3 Å². The van der Waals surface area contributed by atoms with Crippen molar-refractivity contribution in [2.45, 2.75) is 32.9 Å². The van der Waals surface area contributed by atoms with E-state index >= 15 is 0 Å². The van der Waals surface area contributed by atoms with E-state index in [1.54, 1.807) is 19.1 Å². The lowest BCUT2D eigenvalue weighted by atomic mass is 10.1. The van der Waals surface area contributed by atoms with Crippen LogP contribution in [-0.2, 0) is 13.1 Å². The predicted molar refractivity (Wildman–Crippen MR) is 93.3 cm³/mol. The van der Waals surface area contributed by atoms with Crippen LogP contribution in [0.25, 0.3) is 0 Å². The van der Waals surface area contributed by atoms with E-state index in [1.165, 1.54) is 37.6 Å². The number of hydrogen-bond acceptors (Lipinski definition) is 2. The van der Waals surface area contributed by atoms with Gasteiger partial charge in [-0.1, -0.05) is 30.3 Å². The maximum absolute atomic E-state index is 13.5. The van der Waals surface area contributed by atoms with Crippen molar-refractivity contribution in [2.24, 2.45) is 0 Å². The number of nitrogens with zero attached hydrogens (tertiary/aromatic N) is 1. The van der Waals surface area contributed by atoms with Crippen molar-refractivity contribution < 1.29 is 9.18 Å². The molecule has 0 spiro atoms. The number of hydrogen-bond donors (Lipinski definition) is 1. The third-order valence-electron chi connectivity index (χ3n) is 4.51. The molecule has 0 atom stereocenters. The van der Waals surface area contributed by atoms with Gasteiger partial charge in [0.2, 0.25) is 0 Å². The molecule has 1 aliphatic rings. The lowest BCUT2D eigenvalue weighted by molar-refractivity contribution is 0.0950. The summed E-state index contributed by atoms with van der Waals surface area (Å²) in [6, 6.07) is 12.9. The van der Waals surface area contributed by atoms with Crippen molar-refractivity contribution in [1.29, 1.82) is 0 Å². The number of halogens is 1. The Labute approximate surface area is 142 Å². The van der Waals surface area contributed by atoms with Crippen molar-refractivity contribution in [1.82, 2.24) is 10.2 Å². The van der Waals surface area contributed by atoms with E-state index < -0.39 is 0 Å². The zero-order valence-electron chi connectivity index (χ0n) is 14.0. The Morgan fingerprint density at radius 1 is 1.08 bits per heavy atom. The molecular formula is C20H23FN2O. The maximum atomic E-state index is 13.5. The first kappa shape index (κ1) is 16.7. The lowest BCUT2D eigenvalue weighted by Gasteiger charge is -2.14. The molecule has 2 aromatic rings. The summed E-state index contributed by atoms with van der Waals surface area (Å²) in [4.78, 5) is 14.6. The molecule has 0 bridgehead atoms. The van der Waals surface area contributed by atoms with Crippen LogP contribution >= 0.6 is 0 Å². The minimum absolute atomic E-state index is 0.255. The van der Waals surface area contributed by atoms with E-state index in [-0.39, 0.29) is 11.7 Å². The number of nitrogens with one attached hydrogen (secondary N) is 1. The van der Waals surface area contributed by atoms with Crippen molar-refractivity contribution in [3.05, 3.63) is 70.5 Å². The Balaban J connectivity index is 1.53. The van der Waals surface area contributed by atoms with Crippen molar-refractivity contribution in [3.8, 4) is 0 Å². The molecular weight excluding hydrogens is 303 g/mol. The number of aryl methyl sites for hydroxylation is 1. The molecule has 0 radical (unpaired) electrons. The average molecular weight is 326 g/mol. The molecule has 1 saturated heterocycles. The highest BCUT2D eigenvalue weighted by Crippen LogP contribution is 2.14. The fourth-order valence-corrected chi connectivity index (χ4v) is 2.98. The Morgan fingerprint density at radius 2 is 1.75 bits per heavy atom. The summed E-state index contributed by atoms with van der Waals surface area (Å²) in [7, 11) is 0. The van der Waals surface area contributed by atoms with Gasteiger partial charge in [0.05, 0.1) is 0 Å². The monoisotopic (exact) mass is 326 g/mol. The van der Waals surface area contributed by atoms with Gasteiger partial charge in [0.1, 0.15) is 5.82 Å². The first-order chi connectivity index (χ1) is 11.6. The van der Waals surface area contributed by atoms with Gasteiger partial charge in [0.25, 0.3) is 5.91 Å². The van der Waals surface area contributed by atoms with Gasteiger partial charge >= 0.3 is 0 Å². The zero-order chi connectivity index (χ0) is 16.9. The largest absolute Gasteiger partial charge is 0.348 e. The number of carbonyl (C=O) groups is 1. The molecule has 24 heavy (non-hydrogen) atoms. The third kappa shape index (κ3) is 4.20. The van der Waals surface area contributed by atoms with Crippen LogP contribution in [0.4, 0.5) is 4.39 Å². The molecule has 2 aromatic carbocycles. The van der Waals surface area contributed by atoms with E-state index in [0.717, 1.165) is 12.1 Å². The van der Waals surface area contributed by atoms with Crippen molar-refractivity contribution in [3.63, 3.8) is 0 Å². The van der Waals surface area contributed by atoms with Crippen LogP contribution in [0.2, 0.25) is 0 Å². The third-order valence-corrected chi connectivity index (χ3v) is 4.51. The SMILES string of the molecule is Cc1ccc(C(=O)NCc2ccc(CN3CCCC3)cc2)cc1F. The maximum Gasteiger partial charge on any atom is 0.251 e. The van der Waals surface area contributed by atoms with Crippen LogP contribution in [-0.4, -0.2) is 23.9 Å². The average Bonchev–Trinajstić information content (AvgIpc) is 3.09. The number of amides is 1. The van der Waals surface area contributed by atoms with Crippen LogP contribution in [0.5, 0.6) is 0 Å². The molecule has 1 heterocycles. The van der Waals surface area contributed by atoms with Gasteiger partial charge in [0, 0.05) is 18.7 Å². The van der Waals surface area contributed by atoms with Gasteiger partial charge in [-0.3, -0.25) is 9.69 Å². The van der Waals surface area contributed by atoms with Gasteiger partial charge < -0.3 is 5.32 Å². The number of carbonyl (C=O) groups excluding carboxylic acids is 1. The molecule has 4 heteroatoms. The number of likely N-dealkylation sites (tertiary alicyclic amines) is 1. The number of rotatable bonds is 5. The van der Waals surface area contributed by atoms with E-state index in [0.29, 0.717) is 17.7 Å². The first-order valence-electron chi connectivity index (χ1n) is 8.46. The van der Waals surface area contributed by atoms with Crippen LogP contribution in [0.1, 0.15) is 39.9 Å². The summed E-state index contributed by atoms with van der Waals surface area (Å²) >= 11 is 0. The highest BCUT2D eigenvalue weighted by Gasteiger charge is 2.11. The van der Waals surface area contributed by atoms with Crippen molar-refractivity contribution >= 4 is 5.91 Å². The van der Waals surface area contributed by atoms with Gasteiger partial charge in [-0.2, -0.15) is 0 Å². The second-order valence-corrected chi connectivity index (χ2v) is 6.45. The fourth-order valence-electron chi connectivity index (χ4n) is 2.98. The van der Waals surface area contributed by atoms with Gasteiger partial charge in [-0.15, -0.1) is 0 Å². The molecule has 1 amide bonds. The molecule has 0 unspecified atom stereocenters. The summed E-state index contributed by atoms with van der Waals surface area (Å²) < 4.78 is 13.5. The van der Waals surface area contributed by atoms with E-state index in [1.807, 2.05) is 12.1 Å². The Morgan fingerprint density at radius 3 is 2.42 bits per heavy atom. The van der Waals surface area contributed by atoms with Crippen molar-refractivity contribution in [2.75, 3.05) is 13.1 Å². The van der Waals surface area contributed by atoms with Gasteiger partial charge in [-0.05, 0) is 61.7 Å². The molecule has 126 valence electrons. The molecule has 0 aromatic heterocycles. The summed E-state index contributed by atoms with van der Waals surface area (Å²) in [5.41, 5.74) is 3.23. The standard InChI is InChI=1S/C20H23FN2O/c1-15-4-9-18(12-19(15)21)20(24)22-13-16-5-7-17(8-6-16)14-23-10-2-3-11-23/h4-9,12H,2-3,10-11,13-14H2,1H3,(H,22,24). The van der Waals surface area contributed by atoms with Crippen LogP contribution in [0.15, 0.2) is 42.5 Å². The van der Waals surface area contributed by atoms with Gasteiger partial charge in [-0.25, -0.2) is 4.39 Å². The molecule has 3 nitrogen and oxygen atoms in total. The highest BCUT2D eigenvalue weighted by molar-refractivity contribution is 5.94. The minimum atomic E-state index is -0.353. The fraction of sp³-hybridized carbons (Fsp3) is 0.350. The Bertz CT molecular complexity index is 706. The smallest absolute Gasteiger partial charge is 0.251 e. The Hall–Kier alpha value is -2.20. The molecule has 1 fully saturated rings. The molecule has 0 saturated carbocycles.